The minimum atomic E-state index is -1.37. The quantitative estimate of drug-likeness (QED) is 0.856. The molecule has 0 saturated carbocycles. The molecule has 0 aliphatic rings. The summed E-state index contributed by atoms with van der Waals surface area (Å²) in [7, 11) is 1.55. The summed E-state index contributed by atoms with van der Waals surface area (Å²) in [6.45, 7) is 1.13. The molecule has 0 unspecified atom stereocenters. The van der Waals surface area contributed by atoms with Gasteiger partial charge < -0.3 is 5.32 Å². The Morgan fingerprint density at radius 1 is 1.20 bits per heavy atom. The lowest BCUT2D eigenvalue weighted by molar-refractivity contribution is 0.459. The van der Waals surface area contributed by atoms with Gasteiger partial charge in [0.05, 0.1) is 11.3 Å². The molecular formula is C14H10F3N3. The molecule has 0 aliphatic carbocycles. The Morgan fingerprint density at radius 3 is 2.50 bits per heavy atom. The Labute approximate surface area is 113 Å². The van der Waals surface area contributed by atoms with Crippen molar-refractivity contribution in [2.75, 3.05) is 12.4 Å². The Hall–Kier alpha value is -2.55. The maximum absolute atomic E-state index is 14.1. The van der Waals surface area contributed by atoms with Gasteiger partial charge in [0.25, 0.3) is 0 Å². The van der Waals surface area contributed by atoms with Crippen LogP contribution >= 0.6 is 0 Å². The van der Waals surface area contributed by atoms with Gasteiger partial charge in [-0.25, -0.2) is 13.8 Å². The number of halogens is 3. The highest BCUT2D eigenvalue weighted by Gasteiger charge is 2.21. The fourth-order valence-corrected chi connectivity index (χ4v) is 1.92. The lowest BCUT2D eigenvalue weighted by atomic mass is 10.0. The van der Waals surface area contributed by atoms with Gasteiger partial charge in [0.2, 0.25) is 5.95 Å². The Bertz CT molecular complexity index is 721. The number of nitriles is 1. The van der Waals surface area contributed by atoms with Crippen LogP contribution in [0.5, 0.6) is 0 Å². The van der Waals surface area contributed by atoms with E-state index in [2.05, 4.69) is 10.3 Å². The third-order valence-electron chi connectivity index (χ3n) is 2.95. The topological polar surface area (TPSA) is 48.7 Å². The lowest BCUT2D eigenvalue weighted by Gasteiger charge is -2.12. The highest BCUT2D eigenvalue weighted by Crippen LogP contribution is 2.32. The molecule has 0 aliphatic heterocycles. The largest absolute Gasteiger partial charge is 0.387 e. The highest BCUT2D eigenvalue weighted by atomic mass is 19.2. The van der Waals surface area contributed by atoms with Crippen LogP contribution in [-0.4, -0.2) is 12.0 Å². The van der Waals surface area contributed by atoms with Crippen LogP contribution in [0, 0.1) is 35.8 Å². The van der Waals surface area contributed by atoms with Crippen molar-refractivity contribution in [2.24, 2.45) is 0 Å². The molecule has 1 N–H and O–H groups in total. The first-order valence-corrected chi connectivity index (χ1v) is 5.73. The number of hydrogen-bond donors (Lipinski definition) is 1. The summed E-state index contributed by atoms with van der Waals surface area (Å²) in [6.07, 6.45) is 0. The number of nitrogens with one attached hydrogen (secondary N) is 1. The minimum Gasteiger partial charge on any atom is -0.387 e. The van der Waals surface area contributed by atoms with Crippen molar-refractivity contribution in [1.82, 2.24) is 4.98 Å². The number of pyridine rings is 1. The van der Waals surface area contributed by atoms with Gasteiger partial charge in [-0.15, -0.1) is 0 Å². The summed E-state index contributed by atoms with van der Waals surface area (Å²) in [5.74, 6) is -3.63. The zero-order valence-electron chi connectivity index (χ0n) is 10.8. The van der Waals surface area contributed by atoms with Crippen LogP contribution in [0.1, 0.15) is 11.1 Å². The van der Waals surface area contributed by atoms with Gasteiger partial charge in [0.15, 0.2) is 11.6 Å². The molecule has 0 bridgehead atoms. The van der Waals surface area contributed by atoms with E-state index in [1.54, 1.807) is 7.05 Å². The maximum Gasteiger partial charge on any atom is 0.249 e. The zero-order chi connectivity index (χ0) is 14.9. The van der Waals surface area contributed by atoms with Gasteiger partial charge >= 0.3 is 0 Å². The van der Waals surface area contributed by atoms with Gasteiger partial charge in [-0.2, -0.15) is 9.65 Å². The molecule has 0 amide bonds. The number of aromatic nitrogens is 1. The molecule has 1 aromatic heterocycles. The van der Waals surface area contributed by atoms with Crippen molar-refractivity contribution < 1.29 is 13.2 Å². The first-order chi connectivity index (χ1) is 9.51. The van der Waals surface area contributed by atoms with Crippen LogP contribution in [0.2, 0.25) is 0 Å². The number of benzene rings is 1. The van der Waals surface area contributed by atoms with Gasteiger partial charge in [0, 0.05) is 18.2 Å². The van der Waals surface area contributed by atoms with Crippen molar-refractivity contribution in [3.63, 3.8) is 0 Å². The van der Waals surface area contributed by atoms with Crippen LogP contribution in [0.3, 0.4) is 0 Å². The highest BCUT2D eigenvalue weighted by molar-refractivity contribution is 5.80. The van der Waals surface area contributed by atoms with E-state index in [1.807, 2.05) is 6.07 Å². The Morgan fingerprint density at radius 2 is 1.90 bits per heavy atom. The third kappa shape index (κ3) is 2.07. The van der Waals surface area contributed by atoms with E-state index < -0.39 is 23.1 Å². The molecule has 0 saturated heterocycles. The monoisotopic (exact) mass is 277 g/mol. The summed E-state index contributed by atoms with van der Waals surface area (Å²) in [4.78, 5) is 3.32. The van der Waals surface area contributed by atoms with E-state index in [4.69, 9.17) is 5.26 Å². The van der Waals surface area contributed by atoms with Crippen molar-refractivity contribution >= 4 is 5.69 Å². The molecule has 102 valence electrons. The summed E-state index contributed by atoms with van der Waals surface area (Å²) in [6, 6.07) is 6.47. The molecule has 0 atom stereocenters. The molecular weight excluding hydrogens is 267 g/mol. The molecule has 6 heteroatoms. The molecule has 3 nitrogen and oxygen atoms in total. The van der Waals surface area contributed by atoms with Crippen molar-refractivity contribution in [3.05, 3.63) is 46.9 Å². The van der Waals surface area contributed by atoms with E-state index in [0.29, 0.717) is 5.69 Å². The molecule has 2 aromatic rings. The molecule has 1 heterocycles. The minimum absolute atomic E-state index is 0.200. The number of anilines is 1. The lowest BCUT2D eigenvalue weighted by Crippen LogP contribution is -2.04. The van der Waals surface area contributed by atoms with Gasteiger partial charge in [-0.05, 0) is 13.0 Å². The van der Waals surface area contributed by atoms with Crippen LogP contribution in [0.25, 0.3) is 11.3 Å². The van der Waals surface area contributed by atoms with Crippen molar-refractivity contribution in [3.8, 4) is 17.3 Å². The number of hydrogen-bond acceptors (Lipinski definition) is 3. The van der Waals surface area contributed by atoms with E-state index in [-0.39, 0.29) is 16.8 Å². The van der Waals surface area contributed by atoms with Crippen LogP contribution in [-0.2, 0) is 0 Å². The third-order valence-corrected chi connectivity index (χ3v) is 2.95. The molecule has 2 rings (SSSR count). The Kier molecular flexibility index (Phi) is 3.61. The Balaban J connectivity index is 2.80. The van der Waals surface area contributed by atoms with Crippen molar-refractivity contribution in [1.29, 1.82) is 5.26 Å². The SMILES string of the molecule is CNc1c(C#N)cccc1-c1nc(F)c(F)c(C)c1F. The number of nitrogens with zero attached hydrogens (tertiary/aromatic N) is 2. The van der Waals surface area contributed by atoms with Crippen LogP contribution in [0.15, 0.2) is 18.2 Å². The van der Waals surface area contributed by atoms with Gasteiger partial charge in [-0.3, -0.25) is 0 Å². The molecule has 1 aromatic carbocycles. The fraction of sp³-hybridized carbons (Fsp3) is 0.143. The smallest absolute Gasteiger partial charge is 0.249 e. The average molecular weight is 277 g/mol. The number of rotatable bonds is 2. The van der Waals surface area contributed by atoms with Crippen molar-refractivity contribution in [2.45, 2.75) is 6.92 Å². The number of para-hydroxylation sites is 1. The second-order valence-corrected chi connectivity index (χ2v) is 4.09. The molecule has 20 heavy (non-hydrogen) atoms. The molecule has 0 spiro atoms. The molecule has 0 fully saturated rings. The first kappa shape index (κ1) is 13.9. The van der Waals surface area contributed by atoms with Gasteiger partial charge in [0.1, 0.15) is 11.8 Å². The summed E-state index contributed by atoms with van der Waals surface area (Å²) >= 11 is 0. The van der Waals surface area contributed by atoms with Crippen LogP contribution in [0.4, 0.5) is 18.9 Å². The predicted octanol–water partition coefficient (Wildman–Crippen LogP) is 3.39. The summed E-state index contributed by atoms with van der Waals surface area (Å²) < 4.78 is 40.8. The van der Waals surface area contributed by atoms with E-state index in [9.17, 15) is 13.2 Å². The maximum atomic E-state index is 14.1. The van der Waals surface area contributed by atoms with E-state index in [0.717, 1.165) is 6.92 Å². The summed E-state index contributed by atoms with van der Waals surface area (Å²) in [5, 5.41) is 11.8. The first-order valence-electron chi connectivity index (χ1n) is 5.73. The second-order valence-electron chi connectivity index (χ2n) is 4.09. The standard InChI is InChI=1S/C14H10F3N3/c1-7-10(15)13(20-14(17)11(7)16)9-5-3-4-8(6-18)12(9)19-2/h3-5,19H,1-2H3. The normalized spacial score (nSPS) is 10.2. The van der Waals surface area contributed by atoms with E-state index >= 15 is 0 Å². The molecule has 0 radical (unpaired) electrons. The zero-order valence-corrected chi connectivity index (χ0v) is 10.8. The van der Waals surface area contributed by atoms with Gasteiger partial charge in [-0.1, -0.05) is 12.1 Å². The van der Waals surface area contributed by atoms with Crippen LogP contribution < -0.4 is 5.32 Å². The average Bonchev–Trinajstić information content (AvgIpc) is 2.47. The van der Waals surface area contributed by atoms with E-state index in [1.165, 1.54) is 18.2 Å². The fourth-order valence-electron chi connectivity index (χ4n) is 1.92. The predicted molar refractivity (Wildman–Crippen MR) is 68.5 cm³/mol. The summed E-state index contributed by atoms with van der Waals surface area (Å²) in [5.41, 5.74) is -0.00814. The second kappa shape index (κ2) is 5.21.